The molecule has 1 heterocycles. The average Bonchev–Trinajstić information content (AvgIpc) is 3.24. The number of sulfonamides is 1. The molecule has 2 aromatic carbocycles. The summed E-state index contributed by atoms with van der Waals surface area (Å²) in [6.07, 6.45) is 2.27. The van der Waals surface area contributed by atoms with Crippen molar-refractivity contribution in [1.29, 1.82) is 0 Å². The molecule has 8 nitrogen and oxygen atoms in total. The average molecular weight is 405 g/mol. The highest BCUT2D eigenvalue weighted by Crippen LogP contribution is 2.30. The van der Waals surface area contributed by atoms with E-state index in [1.165, 1.54) is 16.4 Å². The molecular weight excluding hydrogens is 382 g/mol. The molecule has 0 amide bonds. The summed E-state index contributed by atoms with van der Waals surface area (Å²) in [7, 11) is -2.17. The van der Waals surface area contributed by atoms with Crippen molar-refractivity contribution in [2.24, 2.45) is 0 Å². The summed E-state index contributed by atoms with van der Waals surface area (Å²) in [4.78, 5) is 10.5. The Kier molecular flexibility index (Phi) is 6.15. The smallest absolute Gasteiger partial charge is 0.270 e. The molecule has 0 aliphatic carbocycles. The van der Waals surface area contributed by atoms with Gasteiger partial charge in [0.25, 0.3) is 5.69 Å². The lowest BCUT2D eigenvalue weighted by molar-refractivity contribution is -0.385. The summed E-state index contributed by atoms with van der Waals surface area (Å²) in [5.41, 5.74) is 1.21. The normalized spacial score (nSPS) is 14.8. The van der Waals surface area contributed by atoms with E-state index in [9.17, 15) is 18.5 Å². The van der Waals surface area contributed by atoms with Gasteiger partial charge in [-0.15, -0.1) is 0 Å². The second-order valence-electron chi connectivity index (χ2n) is 6.57. The number of nitro groups is 1. The molecular formula is C19H23N3O5S. The van der Waals surface area contributed by atoms with Crippen molar-refractivity contribution in [1.82, 2.24) is 4.31 Å². The summed E-state index contributed by atoms with van der Waals surface area (Å²) in [5.74, 6) is 0.770. The van der Waals surface area contributed by atoms with Crippen LogP contribution in [0.15, 0.2) is 47.4 Å². The molecule has 0 unspecified atom stereocenters. The van der Waals surface area contributed by atoms with Crippen LogP contribution in [0.3, 0.4) is 0 Å². The van der Waals surface area contributed by atoms with Crippen molar-refractivity contribution >= 4 is 21.4 Å². The Morgan fingerprint density at radius 3 is 2.43 bits per heavy atom. The molecule has 28 heavy (non-hydrogen) atoms. The topological polar surface area (TPSA) is 102 Å². The van der Waals surface area contributed by atoms with Gasteiger partial charge >= 0.3 is 0 Å². The van der Waals surface area contributed by atoms with Crippen molar-refractivity contribution in [3.8, 4) is 5.75 Å². The van der Waals surface area contributed by atoms with Crippen LogP contribution >= 0.6 is 0 Å². The Balaban J connectivity index is 1.80. The highest BCUT2D eigenvalue weighted by molar-refractivity contribution is 7.89. The summed E-state index contributed by atoms with van der Waals surface area (Å²) < 4.78 is 32.5. The lowest BCUT2D eigenvalue weighted by Crippen LogP contribution is -2.28. The maximum absolute atomic E-state index is 13.0. The van der Waals surface area contributed by atoms with E-state index in [0.717, 1.165) is 30.2 Å². The molecule has 1 aliphatic rings. The second kappa shape index (κ2) is 8.57. The molecule has 0 bridgehead atoms. The number of hydrogen-bond acceptors (Lipinski definition) is 6. The predicted octanol–water partition coefficient (Wildman–Crippen LogP) is 3.04. The zero-order valence-corrected chi connectivity index (χ0v) is 16.4. The van der Waals surface area contributed by atoms with Crippen molar-refractivity contribution in [2.75, 3.05) is 32.1 Å². The number of benzene rings is 2. The van der Waals surface area contributed by atoms with E-state index >= 15 is 0 Å². The van der Waals surface area contributed by atoms with Gasteiger partial charge in [-0.3, -0.25) is 10.1 Å². The molecule has 1 aliphatic heterocycles. The fraction of sp³-hybridized carbons (Fsp3) is 0.368. The third kappa shape index (κ3) is 4.42. The number of non-ortho nitro benzene ring substituents is 1. The van der Waals surface area contributed by atoms with Crippen molar-refractivity contribution < 1.29 is 18.1 Å². The number of nitro benzene ring substituents is 1. The number of methoxy groups -OCH3 is 1. The first-order valence-corrected chi connectivity index (χ1v) is 10.5. The Morgan fingerprint density at radius 1 is 1.14 bits per heavy atom. The van der Waals surface area contributed by atoms with Crippen LogP contribution in [-0.4, -0.2) is 44.4 Å². The molecule has 150 valence electrons. The molecule has 2 aromatic rings. The first-order chi connectivity index (χ1) is 13.4. The molecule has 0 saturated carbocycles. The third-order valence-corrected chi connectivity index (χ3v) is 6.69. The summed E-state index contributed by atoms with van der Waals surface area (Å²) >= 11 is 0. The van der Waals surface area contributed by atoms with Gasteiger partial charge in [0.2, 0.25) is 10.0 Å². The van der Waals surface area contributed by atoms with E-state index in [2.05, 4.69) is 5.32 Å². The first kappa shape index (κ1) is 20.1. The number of anilines is 1. The van der Waals surface area contributed by atoms with Crippen LogP contribution in [-0.2, 0) is 16.4 Å². The maximum Gasteiger partial charge on any atom is 0.270 e. The van der Waals surface area contributed by atoms with E-state index < -0.39 is 14.9 Å². The van der Waals surface area contributed by atoms with Crippen LogP contribution in [0.25, 0.3) is 0 Å². The van der Waals surface area contributed by atoms with E-state index in [-0.39, 0.29) is 10.6 Å². The quantitative estimate of drug-likeness (QED) is 0.535. The van der Waals surface area contributed by atoms with Gasteiger partial charge in [0.1, 0.15) is 10.6 Å². The number of nitrogens with one attached hydrogen (secondary N) is 1. The molecule has 0 aromatic heterocycles. The first-order valence-electron chi connectivity index (χ1n) is 9.07. The monoisotopic (exact) mass is 405 g/mol. The number of nitrogens with zero attached hydrogens (tertiary/aromatic N) is 2. The van der Waals surface area contributed by atoms with Crippen LogP contribution in [0.2, 0.25) is 0 Å². The Morgan fingerprint density at radius 2 is 1.82 bits per heavy atom. The third-order valence-electron chi connectivity index (χ3n) is 4.75. The van der Waals surface area contributed by atoms with Gasteiger partial charge in [-0.2, -0.15) is 4.31 Å². The van der Waals surface area contributed by atoms with Gasteiger partial charge in [0, 0.05) is 31.8 Å². The zero-order chi connectivity index (χ0) is 20.1. The standard InChI is InChI=1S/C19H23N3O5S/c1-27-17-7-4-15(5-8-17)10-11-20-18-9-6-16(22(23)24)14-19(18)28(25,26)21-12-2-3-13-21/h4-9,14,20H,2-3,10-13H2,1H3. The maximum atomic E-state index is 13.0. The van der Waals surface area contributed by atoms with Crippen molar-refractivity contribution in [3.63, 3.8) is 0 Å². The van der Waals surface area contributed by atoms with Gasteiger partial charge in [0.05, 0.1) is 17.7 Å². The summed E-state index contributed by atoms with van der Waals surface area (Å²) in [5, 5.41) is 14.3. The molecule has 1 saturated heterocycles. The van der Waals surface area contributed by atoms with Crippen LogP contribution < -0.4 is 10.1 Å². The number of rotatable bonds is 8. The highest BCUT2D eigenvalue weighted by Gasteiger charge is 2.30. The Hall–Kier alpha value is -2.65. The number of hydrogen-bond donors (Lipinski definition) is 1. The van der Waals surface area contributed by atoms with Gasteiger partial charge in [-0.05, 0) is 43.0 Å². The highest BCUT2D eigenvalue weighted by atomic mass is 32.2. The fourth-order valence-corrected chi connectivity index (χ4v) is 4.89. The van der Waals surface area contributed by atoms with Crippen LogP contribution in [0.5, 0.6) is 5.75 Å². The Bertz CT molecular complexity index is 939. The molecule has 0 radical (unpaired) electrons. The minimum Gasteiger partial charge on any atom is -0.497 e. The van der Waals surface area contributed by atoms with Crippen LogP contribution in [0, 0.1) is 10.1 Å². The minimum atomic E-state index is -3.78. The van der Waals surface area contributed by atoms with Crippen molar-refractivity contribution in [3.05, 3.63) is 58.1 Å². The molecule has 0 spiro atoms. The van der Waals surface area contributed by atoms with Crippen molar-refractivity contribution in [2.45, 2.75) is 24.2 Å². The van der Waals surface area contributed by atoms with Gasteiger partial charge in [-0.25, -0.2) is 8.42 Å². The molecule has 3 rings (SSSR count). The molecule has 9 heteroatoms. The molecule has 0 atom stereocenters. The van der Waals surface area contributed by atoms with E-state index in [4.69, 9.17) is 4.74 Å². The fourth-order valence-electron chi connectivity index (χ4n) is 3.19. The molecule has 1 N–H and O–H groups in total. The van der Waals surface area contributed by atoms with Crippen LogP contribution in [0.1, 0.15) is 18.4 Å². The summed E-state index contributed by atoms with van der Waals surface area (Å²) in [6, 6.07) is 11.5. The van der Waals surface area contributed by atoms with Gasteiger partial charge in [0.15, 0.2) is 0 Å². The van der Waals surface area contributed by atoms with Crippen LogP contribution in [0.4, 0.5) is 11.4 Å². The van der Waals surface area contributed by atoms with E-state index in [1.807, 2.05) is 24.3 Å². The molecule has 1 fully saturated rings. The predicted molar refractivity (Wildman–Crippen MR) is 106 cm³/mol. The minimum absolute atomic E-state index is 0.0432. The SMILES string of the molecule is COc1ccc(CCNc2ccc([N+](=O)[O-])cc2S(=O)(=O)N2CCCC2)cc1. The van der Waals surface area contributed by atoms with Gasteiger partial charge < -0.3 is 10.1 Å². The number of ether oxygens (including phenoxy) is 1. The lowest BCUT2D eigenvalue weighted by atomic mass is 10.1. The Labute approximate surface area is 164 Å². The zero-order valence-electron chi connectivity index (χ0n) is 15.6. The summed E-state index contributed by atoms with van der Waals surface area (Å²) in [6.45, 7) is 1.37. The van der Waals surface area contributed by atoms with E-state index in [1.54, 1.807) is 7.11 Å². The van der Waals surface area contributed by atoms with E-state index in [0.29, 0.717) is 31.7 Å². The lowest BCUT2D eigenvalue weighted by Gasteiger charge is -2.18. The van der Waals surface area contributed by atoms with Gasteiger partial charge in [-0.1, -0.05) is 12.1 Å². The second-order valence-corrected chi connectivity index (χ2v) is 8.48. The largest absolute Gasteiger partial charge is 0.497 e.